The summed E-state index contributed by atoms with van der Waals surface area (Å²) in [6.45, 7) is 4.79. The molecule has 2 aliphatic rings. The molecule has 2 fully saturated rings. The maximum absolute atomic E-state index is 5.90. The summed E-state index contributed by atoms with van der Waals surface area (Å²) in [5, 5.41) is 0. The van der Waals surface area contributed by atoms with E-state index in [0.717, 1.165) is 30.1 Å². The van der Waals surface area contributed by atoms with Crippen molar-refractivity contribution < 1.29 is 4.74 Å². The van der Waals surface area contributed by atoms with E-state index in [9.17, 15) is 0 Å². The molecule has 0 amide bonds. The molecule has 2 bridgehead atoms. The van der Waals surface area contributed by atoms with Crippen LogP contribution in [0.1, 0.15) is 48.0 Å². The summed E-state index contributed by atoms with van der Waals surface area (Å²) < 4.78 is 5.90. The van der Waals surface area contributed by atoms with Crippen molar-refractivity contribution in [2.45, 2.75) is 57.7 Å². The van der Waals surface area contributed by atoms with Gasteiger partial charge < -0.3 is 10.5 Å². The lowest BCUT2D eigenvalue weighted by molar-refractivity contribution is 0.0998. The Morgan fingerprint density at radius 3 is 2.44 bits per heavy atom. The number of fused-ring (bicyclic) bond motifs is 2. The summed E-state index contributed by atoms with van der Waals surface area (Å²) >= 11 is 0. The minimum absolute atomic E-state index is 0.356. The first-order valence-corrected chi connectivity index (χ1v) is 6.88. The Labute approximate surface area is 108 Å². The van der Waals surface area contributed by atoms with Crippen molar-refractivity contribution in [2.24, 2.45) is 5.73 Å². The maximum Gasteiger partial charge on any atom is 0.134 e. The fourth-order valence-electron chi connectivity index (χ4n) is 3.35. The Morgan fingerprint density at radius 1 is 1.22 bits per heavy atom. The summed E-state index contributed by atoms with van der Waals surface area (Å²) in [5.41, 5.74) is 9.02. The zero-order valence-electron chi connectivity index (χ0n) is 11.1. The normalized spacial score (nSPS) is 30.1. The third-order valence-corrected chi connectivity index (χ3v) is 4.27. The third-order valence-electron chi connectivity index (χ3n) is 4.27. The molecule has 2 N–H and O–H groups in total. The largest absolute Gasteiger partial charge is 0.374 e. The Morgan fingerprint density at radius 2 is 1.94 bits per heavy atom. The summed E-state index contributed by atoms with van der Waals surface area (Å²) in [7, 11) is 0. The van der Waals surface area contributed by atoms with Crippen molar-refractivity contribution in [1.82, 2.24) is 9.97 Å². The highest BCUT2D eigenvalue weighted by Crippen LogP contribution is 2.43. The van der Waals surface area contributed by atoms with Gasteiger partial charge in [-0.3, -0.25) is 0 Å². The molecule has 2 saturated heterocycles. The van der Waals surface area contributed by atoms with Crippen LogP contribution in [0.2, 0.25) is 0 Å². The number of hydrogen-bond donors (Lipinski definition) is 1. The molecule has 0 aliphatic carbocycles. The van der Waals surface area contributed by atoms with Gasteiger partial charge in [0.25, 0.3) is 0 Å². The highest BCUT2D eigenvalue weighted by atomic mass is 16.5. The van der Waals surface area contributed by atoms with Crippen LogP contribution in [0.25, 0.3) is 0 Å². The second-order valence-electron chi connectivity index (χ2n) is 5.49. The maximum atomic E-state index is 5.90. The molecule has 0 saturated carbocycles. The fraction of sp³-hybridized carbons (Fsp3) is 0.714. The molecule has 0 aromatic carbocycles. The lowest BCUT2D eigenvalue weighted by Gasteiger charge is -2.19. The number of ether oxygens (including phenoxy) is 1. The van der Waals surface area contributed by atoms with Gasteiger partial charge in [-0.15, -0.1) is 0 Å². The molecule has 1 aromatic rings. The van der Waals surface area contributed by atoms with Gasteiger partial charge in [0.1, 0.15) is 5.82 Å². The first-order valence-electron chi connectivity index (χ1n) is 6.88. The molecular formula is C14H21N3O. The number of aryl methyl sites for hydroxylation is 2. The minimum atomic E-state index is 0.356. The van der Waals surface area contributed by atoms with Crippen LogP contribution >= 0.6 is 0 Å². The van der Waals surface area contributed by atoms with Crippen LogP contribution in [0.15, 0.2) is 0 Å². The van der Waals surface area contributed by atoms with Crippen molar-refractivity contribution in [1.29, 1.82) is 0 Å². The van der Waals surface area contributed by atoms with Gasteiger partial charge in [0, 0.05) is 17.3 Å². The SMILES string of the molecule is Cc1nc(C2CC3CCC2O3)nc(C)c1CCN. The van der Waals surface area contributed by atoms with Crippen molar-refractivity contribution in [3.8, 4) is 0 Å². The van der Waals surface area contributed by atoms with Crippen LogP contribution in [0.3, 0.4) is 0 Å². The van der Waals surface area contributed by atoms with Gasteiger partial charge in [0.2, 0.25) is 0 Å². The highest BCUT2D eigenvalue weighted by molar-refractivity contribution is 5.26. The molecule has 3 rings (SSSR count). The Balaban J connectivity index is 1.89. The quantitative estimate of drug-likeness (QED) is 0.882. The molecule has 3 unspecified atom stereocenters. The molecule has 0 radical (unpaired) electrons. The molecule has 3 heterocycles. The van der Waals surface area contributed by atoms with Gasteiger partial charge in [-0.25, -0.2) is 9.97 Å². The van der Waals surface area contributed by atoms with Crippen LogP contribution in [0.5, 0.6) is 0 Å². The van der Waals surface area contributed by atoms with Crippen LogP contribution in [0.4, 0.5) is 0 Å². The summed E-state index contributed by atoms with van der Waals surface area (Å²) in [5.74, 6) is 1.39. The van der Waals surface area contributed by atoms with E-state index in [1.54, 1.807) is 0 Å². The van der Waals surface area contributed by atoms with Crippen LogP contribution in [-0.4, -0.2) is 28.7 Å². The average Bonchev–Trinajstić information content (AvgIpc) is 2.95. The highest BCUT2D eigenvalue weighted by Gasteiger charge is 2.43. The van der Waals surface area contributed by atoms with E-state index < -0.39 is 0 Å². The fourth-order valence-corrected chi connectivity index (χ4v) is 3.35. The predicted octanol–water partition coefficient (Wildman–Crippen LogP) is 1.63. The van der Waals surface area contributed by atoms with Gasteiger partial charge >= 0.3 is 0 Å². The molecule has 1 aromatic heterocycles. The number of nitrogens with zero attached hydrogens (tertiary/aromatic N) is 2. The minimum Gasteiger partial charge on any atom is -0.374 e. The smallest absolute Gasteiger partial charge is 0.134 e. The van der Waals surface area contributed by atoms with E-state index in [1.165, 1.54) is 18.4 Å². The Kier molecular flexibility index (Phi) is 3.08. The zero-order chi connectivity index (χ0) is 12.7. The van der Waals surface area contributed by atoms with E-state index in [1.807, 2.05) is 0 Å². The standard InChI is InChI=1S/C14H21N3O/c1-8-11(5-6-15)9(2)17-14(16-8)12-7-10-3-4-13(12)18-10/h10,12-13H,3-7,15H2,1-2H3. The topological polar surface area (TPSA) is 61.0 Å². The molecule has 4 heteroatoms. The van der Waals surface area contributed by atoms with E-state index >= 15 is 0 Å². The lowest BCUT2D eigenvalue weighted by Crippen LogP contribution is -2.19. The molecule has 2 aliphatic heterocycles. The Hall–Kier alpha value is -1.00. The monoisotopic (exact) mass is 247 g/mol. The molecular weight excluding hydrogens is 226 g/mol. The average molecular weight is 247 g/mol. The number of rotatable bonds is 3. The summed E-state index contributed by atoms with van der Waals surface area (Å²) in [6.07, 6.45) is 5.15. The molecule has 4 nitrogen and oxygen atoms in total. The van der Waals surface area contributed by atoms with Crippen molar-refractivity contribution in [3.63, 3.8) is 0 Å². The van der Waals surface area contributed by atoms with E-state index in [2.05, 4.69) is 13.8 Å². The van der Waals surface area contributed by atoms with Crippen molar-refractivity contribution in [2.75, 3.05) is 6.54 Å². The second kappa shape index (κ2) is 4.59. The van der Waals surface area contributed by atoms with Crippen LogP contribution in [-0.2, 0) is 11.2 Å². The van der Waals surface area contributed by atoms with Crippen molar-refractivity contribution in [3.05, 3.63) is 22.8 Å². The third kappa shape index (κ3) is 1.93. The number of hydrogen-bond acceptors (Lipinski definition) is 4. The van der Waals surface area contributed by atoms with Gasteiger partial charge in [0.15, 0.2) is 0 Å². The molecule has 98 valence electrons. The molecule has 0 spiro atoms. The van der Waals surface area contributed by atoms with Crippen molar-refractivity contribution >= 4 is 0 Å². The van der Waals surface area contributed by atoms with Crippen LogP contribution < -0.4 is 5.73 Å². The second-order valence-corrected chi connectivity index (χ2v) is 5.49. The van der Waals surface area contributed by atoms with Crippen LogP contribution in [0, 0.1) is 13.8 Å². The van der Waals surface area contributed by atoms with Gasteiger partial charge in [0.05, 0.1) is 12.2 Å². The first kappa shape index (κ1) is 12.1. The zero-order valence-corrected chi connectivity index (χ0v) is 11.1. The van der Waals surface area contributed by atoms with E-state index in [-0.39, 0.29) is 0 Å². The Bertz CT molecular complexity index is 437. The van der Waals surface area contributed by atoms with E-state index in [0.29, 0.717) is 24.7 Å². The lowest BCUT2D eigenvalue weighted by atomic mass is 9.88. The predicted molar refractivity (Wildman–Crippen MR) is 69.5 cm³/mol. The summed E-state index contributed by atoms with van der Waals surface area (Å²) in [4.78, 5) is 9.41. The molecule has 18 heavy (non-hydrogen) atoms. The van der Waals surface area contributed by atoms with Gasteiger partial charge in [-0.1, -0.05) is 0 Å². The van der Waals surface area contributed by atoms with Gasteiger partial charge in [-0.2, -0.15) is 0 Å². The number of aromatic nitrogens is 2. The first-order chi connectivity index (χ1) is 8.69. The van der Waals surface area contributed by atoms with E-state index in [4.69, 9.17) is 20.4 Å². The summed E-state index contributed by atoms with van der Waals surface area (Å²) in [6, 6.07) is 0. The van der Waals surface area contributed by atoms with Gasteiger partial charge in [-0.05, 0) is 51.6 Å². The number of nitrogens with two attached hydrogens (primary N) is 1. The molecule has 3 atom stereocenters.